The number of rotatable bonds is 6. The number of carbonyl (C=O) groups is 2. The first-order chi connectivity index (χ1) is 13.1. The van der Waals surface area contributed by atoms with Crippen LogP contribution in [0.15, 0.2) is 12.1 Å². The fourth-order valence-corrected chi connectivity index (χ4v) is 3.46. The molecule has 5 nitrogen and oxygen atoms in total. The van der Waals surface area contributed by atoms with Crippen LogP contribution in [-0.4, -0.2) is 42.4 Å². The van der Waals surface area contributed by atoms with Crippen molar-refractivity contribution in [3.05, 3.63) is 29.6 Å². The van der Waals surface area contributed by atoms with Crippen molar-refractivity contribution >= 4 is 17.5 Å². The van der Waals surface area contributed by atoms with Gasteiger partial charge < -0.3 is 10.6 Å². The Morgan fingerprint density at radius 1 is 1.18 bits per heavy atom. The van der Waals surface area contributed by atoms with Crippen molar-refractivity contribution in [2.45, 2.75) is 52.1 Å². The van der Waals surface area contributed by atoms with Gasteiger partial charge in [-0.2, -0.15) is 0 Å². The summed E-state index contributed by atoms with van der Waals surface area (Å²) < 4.78 is 39.9. The summed E-state index contributed by atoms with van der Waals surface area (Å²) in [6.07, 6.45) is 3.16. The third-order valence-corrected chi connectivity index (χ3v) is 5.78. The van der Waals surface area contributed by atoms with Crippen LogP contribution in [0.25, 0.3) is 0 Å². The van der Waals surface area contributed by atoms with E-state index >= 15 is 0 Å². The second-order valence-corrected chi connectivity index (χ2v) is 7.74. The van der Waals surface area contributed by atoms with Gasteiger partial charge in [0.25, 0.3) is 0 Å². The molecular weight excluding hydrogens is 371 g/mol. The average molecular weight is 399 g/mol. The van der Waals surface area contributed by atoms with Crippen molar-refractivity contribution in [2.75, 3.05) is 18.9 Å². The summed E-state index contributed by atoms with van der Waals surface area (Å²) in [4.78, 5) is 26.2. The molecule has 1 saturated carbocycles. The number of halogens is 3. The molecule has 1 aliphatic rings. The minimum atomic E-state index is -1.64. The quantitative estimate of drug-likeness (QED) is 0.722. The Hall–Kier alpha value is -2.09. The van der Waals surface area contributed by atoms with Crippen LogP contribution in [0.2, 0.25) is 0 Å². The molecule has 1 fully saturated rings. The number of nitrogens with one attached hydrogen (secondary N) is 2. The number of benzene rings is 1. The van der Waals surface area contributed by atoms with E-state index in [-0.39, 0.29) is 18.5 Å². The number of hydrogen-bond donors (Lipinski definition) is 2. The topological polar surface area (TPSA) is 61.4 Å². The number of carbonyl (C=O) groups excluding carboxylic acids is 2. The van der Waals surface area contributed by atoms with Crippen molar-refractivity contribution in [2.24, 2.45) is 11.8 Å². The van der Waals surface area contributed by atoms with Crippen molar-refractivity contribution in [1.29, 1.82) is 0 Å². The molecule has 2 amide bonds. The maximum atomic E-state index is 13.7. The van der Waals surface area contributed by atoms with Crippen molar-refractivity contribution in [1.82, 2.24) is 10.2 Å². The van der Waals surface area contributed by atoms with Gasteiger partial charge in [-0.3, -0.25) is 14.5 Å². The molecule has 0 aliphatic heterocycles. The highest BCUT2D eigenvalue weighted by Crippen LogP contribution is 2.29. The fourth-order valence-electron chi connectivity index (χ4n) is 3.46. The molecule has 8 heteroatoms. The SMILES string of the molecule is C[C@@H]1[C@H](C)CCC[C@@H]1NC(=O)[C@@H](C)N(C)CC(=O)Nc1ccc(F)c(F)c1F. The molecular formula is C20H28F3N3O2. The Labute approximate surface area is 163 Å². The molecule has 0 spiro atoms. The van der Waals surface area contributed by atoms with Crippen molar-refractivity contribution in [3.8, 4) is 0 Å². The average Bonchev–Trinajstić information content (AvgIpc) is 2.65. The van der Waals surface area contributed by atoms with E-state index < -0.39 is 35.1 Å². The van der Waals surface area contributed by atoms with E-state index in [0.717, 1.165) is 31.4 Å². The highest BCUT2D eigenvalue weighted by atomic mass is 19.2. The van der Waals surface area contributed by atoms with Crippen LogP contribution in [0.1, 0.15) is 40.0 Å². The summed E-state index contributed by atoms with van der Waals surface area (Å²) in [7, 11) is 1.60. The van der Waals surface area contributed by atoms with Gasteiger partial charge in [-0.15, -0.1) is 0 Å². The van der Waals surface area contributed by atoms with Crippen LogP contribution < -0.4 is 10.6 Å². The Balaban J connectivity index is 1.90. The summed E-state index contributed by atoms with van der Waals surface area (Å²) in [5, 5.41) is 5.27. The summed E-state index contributed by atoms with van der Waals surface area (Å²) >= 11 is 0. The highest BCUT2D eigenvalue weighted by Gasteiger charge is 2.30. The van der Waals surface area contributed by atoms with E-state index in [9.17, 15) is 22.8 Å². The fraction of sp³-hybridized carbons (Fsp3) is 0.600. The second-order valence-electron chi connectivity index (χ2n) is 7.74. The normalized spacial score (nSPS) is 23.4. The Bertz CT molecular complexity index is 729. The lowest BCUT2D eigenvalue weighted by molar-refractivity contribution is -0.127. The predicted octanol–water partition coefficient (Wildman–Crippen LogP) is 3.30. The molecule has 1 aliphatic carbocycles. The lowest BCUT2D eigenvalue weighted by Gasteiger charge is -2.36. The summed E-state index contributed by atoms with van der Waals surface area (Å²) in [5.74, 6) is -4.31. The van der Waals surface area contributed by atoms with Gasteiger partial charge >= 0.3 is 0 Å². The van der Waals surface area contributed by atoms with E-state index in [2.05, 4.69) is 24.5 Å². The summed E-state index contributed by atoms with van der Waals surface area (Å²) in [6.45, 7) is 5.79. The molecule has 28 heavy (non-hydrogen) atoms. The van der Waals surface area contributed by atoms with E-state index in [0.29, 0.717) is 11.8 Å². The minimum Gasteiger partial charge on any atom is -0.352 e. The summed E-state index contributed by atoms with van der Waals surface area (Å²) in [6, 6.07) is 1.22. The standard InChI is InChI=1S/C20H28F3N3O2/c1-11-6-5-7-15(12(11)2)25-20(28)13(3)26(4)10-17(27)24-16-9-8-14(21)18(22)19(16)23/h8-9,11-13,15H,5-7,10H2,1-4H3,(H,24,27)(H,25,28)/t11-,12-,13-,15+/m1/s1. The zero-order valence-corrected chi connectivity index (χ0v) is 16.7. The monoisotopic (exact) mass is 399 g/mol. The molecule has 0 bridgehead atoms. The maximum absolute atomic E-state index is 13.7. The molecule has 0 heterocycles. The van der Waals surface area contributed by atoms with E-state index in [1.54, 1.807) is 14.0 Å². The zero-order chi connectivity index (χ0) is 21.0. The Morgan fingerprint density at radius 2 is 1.86 bits per heavy atom. The van der Waals surface area contributed by atoms with Gasteiger partial charge in [-0.05, 0) is 44.4 Å². The van der Waals surface area contributed by atoms with Crippen molar-refractivity contribution in [3.63, 3.8) is 0 Å². The van der Waals surface area contributed by atoms with Crippen LogP contribution in [-0.2, 0) is 9.59 Å². The first kappa shape index (κ1) is 22.2. The number of likely N-dealkylation sites (N-methyl/N-ethyl adjacent to an activating group) is 1. The summed E-state index contributed by atoms with van der Waals surface area (Å²) in [5.41, 5.74) is -0.445. The van der Waals surface area contributed by atoms with Crippen LogP contribution in [0.4, 0.5) is 18.9 Å². The van der Waals surface area contributed by atoms with E-state index in [1.165, 1.54) is 4.90 Å². The number of amides is 2. The third kappa shape index (κ3) is 5.25. The highest BCUT2D eigenvalue weighted by molar-refractivity contribution is 5.93. The third-order valence-electron chi connectivity index (χ3n) is 5.78. The van der Waals surface area contributed by atoms with Gasteiger partial charge in [0.1, 0.15) is 0 Å². The molecule has 0 saturated heterocycles. The number of anilines is 1. The lowest BCUT2D eigenvalue weighted by atomic mass is 9.78. The molecule has 0 unspecified atom stereocenters. The van der Waals surface area contributed by atoms with E-state index in [4.69, 9.17) is 0 Å². The predicted molar refractivity (Wildman–Crippen MR) is 101 cm³/mol. The van der Waals surface area contributed by atoms with Crippen LogP contribution in [0.3, 0.4) is 0 Å². The van der Waals surface area contributed by atoms with Crippen molar-refractivity contribution < 1.29 is 22.8 Å². The van der Waals surface area contributed by atoms with Gasteiger partial charge in [0.15, 0.2) is 17.5 Å². The molecule has 2 N–H and O–H groups in total. The number of hydrogen-bond acceptors (Lipinski definition) is 3. The van der Waals surface area contributed by atoms with Gasteiger partial charge in [0, 0.05) is 6.04 Å². The zero-order valence-electron chi connectivity index (χ0n) is 16.7. The van der Waals surface area contributed by atoms with Gasteiger partial charge in [-0.25, -0.2) is 13.2 Å². The second kappa shape index (κ2) is 9.41. The van der Waals surface area contributed by atoms with Gasteiger partial charge in [0.2, 0.25) is 11.8 Å². The molecule has 0 aromatic heterocycles. The minimum absolute atomic E-state index is 0.109. The first-order valence-corrected chi connectivity index (χ1v) is 9.55. The van der Waals surface area contributed by atoms with Crippen LogP contribution in [0.5, 0.6) is 0 Å². The molecule has 1 aromatic carbocycles. The van der Waals surface area contributed by atoms with Gasteiger partial charge in [0.05, 0.1) is 18.3 Å². The van der Waals surface area contributed by atoms with Crippen LogP contribution in [0, 0.1) is 29.3 Å². The Morgan fingerprint density at radius 3 is 2.54 bits per heavy atom. The Kier molecular flexibility index (Phi) is 7.46. The number of nitrogens with zero attached hydrogens (tertiary/aromatic N) is 1. The maximum Gasteiger partial charge on any atom is 0.238 e. The van der Waals surface area contributed by atoms with Crippen LogP contribution >= 0.6 is 0 Å². The van der Waals surface area contributed by atoms with E-state index in [1.807, 2.05) is 0 Å². The first-order valence-electron chi connectivity index (χ1n) is 9.55. The molecule has 4 atom stereocenters. The molecule has 0 radical (unpaired) electrons. The lowest BCUT2D eigenvalue weighted by Crippen LogP contribution is -2.51. The molecule has 1 aromatic rings. The van der Waals surface area contributed by atoms with Gasteiger partial charge in [-0.1, -0.05) is 26.7 Å². The molecule has 156 valence electrons. The molecule has 2 rings (SSSR count). The smallest absolute Gasteiger partial charge is 0.238 e. The largest absolute Gasteiger partial charge is 0.352 e.